The van der Waals surface area contributed by atoms with Crippen molar-refractivity contribution < 1.29 is 10.0 Å². The summed E-state index contributed by atoms with van der Waals surface area (Å²) in [5.74, 6) is -0.363. The maximum Gasteiger partial charge on any atom is 0.252 e. The second kappa shape index (κ2) is 5.74. The first-order chi connectivity index (χ1) is 10.00. The van der Waals surface area contributed by atoms with Crippen LogP contribution in [0.1, 0.15) is 30.6 Å². The summed E-state index contributed by atoms with van der Waals surface area (Å²) in [6.45, 7) is 3.53. The van der Waals surface area contributed by atoms with Crippen molar-refractivity contribution in [1.82, 2.24) is 15.3 Å². The molecular formula is C14H17N5O2. The fraction of sp³-hybridized carbons (Fsp3) is 0.286. The zero-order valence-corrected chi connectivity index (χ0v) is 11.9. The first-order valence-electron chi connectivity index (χ1n) is 6.51. The maximum absolute atomic E-state index is 12.3. The Morgan fingerprint density at radius 2 is 2.05 bits per heavy atom. The van der Waals surface area contributed by atoms with Gasteiger partial charge in [0.05, 0.1) is 16.6 Å². The third kappa shape index (κ3) is 2.91. The molecule has 7 heteroatoms. The van der Waals surface area contributed by atoms with Gasteiger partial charge in [-0.1, -0.05) is 12.1 Å². The molecule has 1 aromatic heterocycles. The average molecular weight is 287 g/mol. The molecule has 0 spiro atoms. The monoisotopic (exact) mass is 287 g/mol. The van der Waals surface area contributed by atoms with Crippen molar-refractivity contribution in [3.05, 3.63) is 36.2 Å². The number of nitrogens with two attached hydrogens (primary N) is 1. The van der Waals surface area contributed by atoms with E-state index in [-0.39, 0.29) is 11.7 Å². The number of aromatic nitrogens is 2. The fourth-order valence-electron chi connectivity index (χ4n) is 1.87. The molecule has 0 aliphatic carbocycles. The Morgan fingerprint density at radius 3 is 2.67 bits per heavy atom. The summed E-state index contributed by atoms with van der Waals surface area (Å²) in [5.41, 5.74) is 6.51. The van der Waals surface area contributed by atoms with Gasteiger partial charge in [0.2, 0.25) is 0 Å². The summed E-state index contributed by atoms with van der Waals surface area (Å²) < 4.78 is 0. The van der Waals surface area contributed by atoms with Gasteiger partial charge in [0.25, 0.3) is 5.91 Å². The van der Waals surface area contributed by atoms with Crippen LogP contribution in [0.3, 0.4) is 0 Å². The van der Waals surface area contributed by atoms with Crippen molar-refractivity contribution in [2.24, 2.45) is 10.9 Å². The van der Waals surface area contributed by atoms with E-state index in [1.807, 2.05) is 6.92 Å². The van der Waals surface area contributed by atoms with Gasteiger partial charge in [-0.05, 0) is 31.5 Å². The van der Waals surface area contributed by atoms with E-state index in [0.717, 1.165) is 0 Å². The Labute approximate surface area is 121 Å². The van der Waals surface area contributed by atoms with Crippen LogP contribution < -0.4 is 11.1 Å². The predicted molar refractivity (Wildman–Crippen MR) is 79.1 cm³/mol. The van der Waals surface area contributed by atoms with Crippen molar-refractivity contribution in [2.45, 2.75) is 25.8 Å². The number of carbonyl (C=O) groups is 1. The van der Waals surface area contributed by atoms with E-state index in [2.05, 4.69) is 20.4 Å². The number of nitrogens with zero attached hydrogens (tertiary/aromatic N) is 3. The molecule has 0 saturated heterocycles. The smallest absolute Gasteiger partial charge is 0.252 e. The van der Waals surface area contributed by atoms with E-state index < -0.39 is 5.54 Å². The Morgan fingerprint density at radius 1 is 1.38 bits per heavy atom. The molecule has 2 rings (SSSR count). The highest BCUT2D eigenvalue weighted by Gasteiger charge is 2.30. The molecule has 4 N–H and O–H groups in total. The summed E-state index contributed by atoms with van der Waals surface area (Å²) in [6.07, 6.45) is 3.65. The number of nitrogens with one attached hydrogen (secondary N) is 1. The number of amidine groups is 1. The molecule has 1 heterocycles. The largest absolute Gasteiger partial charge is 0.409 e. The van der Waals surface area contributed by atoms with Crippen LogP contribution in [0.4, 0.5) is 0 Å². The topological polar surface area (TPSA) is 113 Å². The highest BCUT2D eigenvalue weighted by atomic mass is 16.4. The number of amides is 1. The summed E-state index contributed by atoms with van der Waals surface area (Å²) in [5, 5.41) is 14.6. The number of carbonyl (C=O) groups excluding carboxylic acids is 1. The van der Waals surface area contributed by atoms with Gasteiger partial charge in [0, 0.05) is 18.0 Å². The van der Waals surface area contributed by atoms with Gasteiger partial charge >= 0.3 is 0 Å². The summed E-state index contributed by atoms with van der Waals surface area (Å²) in [7, 11) is 0. The third-order valence-electron chi connectivity index (χ3n) is 3.50. The van der Waals surface area contributed by atoms with Crippen molar-refractivity contribution in [1.29, 1.82) is 0 Å². The zero-order chi connectivity index (χ0) is 15.5. The molecule has 1 aromatic carbocycles. The van der Waals surface area contributed by atoms with E-state index in [4.69, 9.17) is 10.9 Å². The average Bonchev–Trinajstić information content (AvgIpc) is 2.53. The van der Waals surface area contributed by atoms with Gasteiger partial charge < -0.3 is 16.3 Å². The Hall–Kier alpha value is -2.70. The molecular weight excluding hydrogens is 270 g/mol. The predicted octanol–water partition coefficient (Wildman–Crippen LogP) is 1.27. The molecule has 0 aliphatic rings. The molecule has 0 radical (unpaired) electrons. The lowest BCUT2D eigenvalue weighted by Gasteiger charge is -2.28. The molecule has 110 valence electrons. The number of hydrogen-bond acceptors (Lipinski definition) is 5. The van der Waals surface area contributed by atoms with Crippen LogP contribution >= 0.6 is 0 Å². The molecule has 0 fully saturated rings. The van der Waals surface area contributed by atoms with Gasteiger partial charge in [-0.25, -0.2) is 0 Å². The molecule has 0 saturated carbocycles. The number of rotatable bonds is 4. The van der Waals surface area contributed by atoms with Crippen molar-refractivity contribution in [3.8, 4) is 0 Å². The molecule has 0 aliphatic heterocycles. The number of hydrogen-bond donors (Lipinski definition) is 3. The first-order valence-corrected chi connectivity index (χ1v) is 6.51. The lowest BCUT2D eigenvalue weighted by atomic mass is 9.96. The van der Waals surface area contributed by atoms with Crippen LogP contribution in [0.15, 0.2) is 35.7 Å². The van der Waals surface area contributed by atoms with Crippen LogP contribution in [-0.2, 0) is 0 Å². The molecule has 1 unspecified atom stereocenters. The number of fused-ring (bicyclic) bond motifs is 1. The van der Waals surface area contributed by atoms with Crippen molar-refractivity contribution in [2.75, 3.05) is 0 Å². The van der Waals surface area contributed by atoms with Crippen LogP contribution in [0.5, 0.6) is 0 Å². The summed E-state index contributed by atoms with van der Waals surface area (Å²) >= 11 is 0. The SMILES string of the molecule is CCC(C)(NC(=O)c1ccc2nccnc2c1)C(N)=NO. The Balaban J connectivity index is 2.30. The number of oxime groups is 1. The lowest BCUT2D eigenvalue weighted by Crippen LogP contribution is -2.55. The van der Waals surface area contributed by atoms with Crippen molar-refractivity contribution >= 4 is 22.8 Å². The Bertz CT molecular complexity index is 701. The second-order valence-corrected chi connectivity index (χ2v) is 4.88. The summed E-state index contributed by atoms with van der Waals surface area (Å²) in [4.78, 5) is 20.6. The Kier molecular flexibility index (Phi) is 4.02. The minimum atomic E-state index is -0.914. The normalized spacial score (nSPS) is 14.7. The van der Waals surface area contributed by atoms with Crippen LogP contribution in [0.25, 0.3) is 11.0 Å². The van der Waals surface area contributed by atoms with Gasteiger partial charge in [0.15, 0.2) is 5.84 Å². The maximum atomic E-state index is 12.3. The van der Waals surface area contributed by atoms with E-state index in [1.54, 1.807) is 37.5 Å². The van der Waals surface area contributed by atoms with E-state index >= 15 is 0 Å². The third-order valence-corrected chi connectivity index (χ3v) is 3.50. The van der Waals surface area contributed by atoms with Crippen molar-refractivity contribution in [3.63, 3.8) is 0 Å². The zero-order valence-electron chi connectivity index (χ0n) is 11.9. The molecule has 1 amide bonds. The van der Waals surface area contributed by atoms with Crippen LogP contribution in [0.2, 0.25) is 0 Å². The lowest BCUT2D eigenvalue weighted by molar-refractivity contribution is 0.0925. The highest BCUT2D eigenvalue weighted by molar-refractivity contribution is 6.01. The van der Waals surface area contributed by atoms with E-state index in [9.17, 15) is 4.79 Å². The molecule has 1 atom stereocenters. The van der Waals surface area contributed by atoms with Gasteiger partial charge in [-0.15, -0.1) is 0 Å². The van der Waals surface area contributed by atoms with Crippen LogP contribution in [0, 0.1) is 0 Å². The molecule has 7 nitrogen and oxygen atoms in total. The molecule has 2 aromatic rings. The highest BCUT2D eigenvalue weighted by Crippen LogP contribution is 2.14. The first kappa shape index (κ1) is 14.7. The minimum absolute atomic E-state index is 0.0427. The quantitative estimate of drug-likeness (QED) is 0.339. The fourth-order valence-corrected chi connectivity index (χ4v) is 1.87. The standard InChI is InChI=1S/C14H17N5O2/c1-3-14(2,13(15)19-21)18-12(20)9-4-5-10-11(8-9)17-7-6-16-10/h4-8,21H,3H2,1-2H3,(H2,15,19)(H,18,20). The van der Waals surface area contributed by atoms with Gasteiger partial charge in [-0.3, -0.25) is 14.8 Å². The van der Waals surface area contributed by atoms with Crippen LogP contribution in [-0.4, -0.2) is 32.5 Å². The van der Waals surface area contributed by atoms with Gasteiger partial charge in [-0.2, -0.15) is 0 Å². The van der Waals surface area contributed by atoms with Gasteiger partial charge in [0.1, 0.15) is 0 Å². The summed E-state index contributed by atoms with van der Waals surface area (Å²) in [6, 6.07) is 5.04. The van der Waals surface area contributed by atoms with E-state index in [1.165, 1.54) is 0 Å². The molecule has 0 bridgehead atoms. The second-order valence-electron chi connectivity index (χ2n) is 4.88. The number of benzene rings is 1. The minimum Gasteiger partial charge on any atom is -0.409 e. The molecule has 21 heavy (non-hydrogen) atoms. The van der Waals surface area contributed by atoms with E-state index in [0.29, 0.717) is 23.0 Å².